The van der Waals surface area contributed by atoms with Gasteiger partial charge in [0.05, 0.1) is 22.5 Å². The lowest BCUT2D eigenvalue weighted by Crippen LogP contribution is -2.28. The van der Waals surface area contributed by atoms with Crippen LogP contribution in [0.3, 0.4) is 0 Å². The van der Waals surface area contributed by atoms with Gasteiger partial charge in [-0.05, 0) is 56.2 Å². The Kier molecular flexibility index (Phi) is 6.61. The first kappa shape index (κ1) is 23.4. The highest BCUT2D eigenvalue weighted by Gasteiger charge is 2.20. The first-order chi connectivity index (χ1) is 15.0. The number of carbonyl (C=O) groups excluding carboxylic acids is 1. The zero-order chi connectivity index (χ0) is 23.6. The van der Waals surface area contributed by atoms with Crippen LogP contribution < -0.4 is 14.9 Å². The van der Waals surface area contributed by atoms with Crippen molar-refractivity contribution in [1.82, 2.24) is 9.97 Å². The number of aryl methyl sites for hydroxylation is 3. The van der Waals surface area contributed by atoms with E-state index in [1.807, 2.05) is 39.0 Å². The summed E-state index contributed by atoms with van der Waals surface area (Å²) in [5.74, 6) is 0.303. The molecule has 0 aliphatic heterocycles. The number of hydrogen-bond donors (Lipinski definition) is 1. The van der Waals surface area contributed by atoms with Gasteiger partial charge in [-0.25, -0.2) is 23.5 Å². The molecule has 0 spiro atoms. The molecule has 3 rings (SSSR count). The summed E-state index contributed by atoms with van der Waals surface area (Å²) >= 11 is 0. The molecule has 32 heavy (non-hydrogen) atoms. The van der Waals surface area contributed by atoms with Crippen LogP contribution in [0.4, 0.5) is 17.3 Å². The zero-order valence-corrected chi connectivity index (χ0v) is 19.6. The summed E-state index contributed by atoms with van der Waals surface area (Å²) in [5, 5.41) is 5.15. The van der Waals surface area contributed by atoms with Crippen molar-refractivity contribution in [3.8, 4) is 0 Å². The average Bonchev–Trinajstić information content (AvgIpc) is 2.77. The number of sulfonamides is 1. The monoisotopic (exact) mass is 453 g/mol. The molecule has 0 aliphatic rings. The molecule has 1 heterocycles. The quantitative estimate of drug-likeness (QED) is 0.613. The van der Waals surface area contributed by atoms with Crippen molar-refractivity contribution in [1.29, 1.82) is 0 Å². The largest absolute Gasteiger partial charge is 0.314 e. The van der Waals surface area contributed by atoms with Crippen LogP contribution in [0.15, 0.2) is 53.6 Å². The number of benzene rings is 2. The molecule has 0 fully saturated rings. The number of primary sulfonamides is 1. The second-order valence-electron chi connectivity index (χ2n) is 7.62. The maximum atomic E-state index is 13.2. The second-order valence-corrected chi connectivity index (χ2v) is 9.18. The minimum atomic E-state index is -3.76. The smallest absolute Gasteiger partial charge is 0.258 e. The number of nitrogens with two attached hydrogens (primary N) is 1. The molecule has 0 aliphatic carbocycles. The van der Waals surface area contributed by atoms with E-state index in [1.54, 1.807) is 42.2 Å². The molecule has 8 nitrogen and oxygen atoms in total. The molecule has 0 radical (unpaired) electrons. The van der Waals surface area contributed by atoms with Gasteiger partial charge in [0, 0.05) is 25.3 Å². The van der Waals surface area contributed by atoms with Crippen LogP contribution in [0.1, 0.15) is 34.1 Å². The topological polar surface area (TPSA) is 109 Å². The zero-order valence-electron chi connectivity index (χ0n) is 18.8. The molecule has 168 valence electrons. The van der Waals surface area contributed by atoms with E-state index in [1.165, 1.54) is 12.1 Å². The third-order valence-corrected chi connectivity index (χ3v) is 6.27. The van der Waals surface area contributed by atoms with Gasteiger partial charge in [0.2, 0.25) is 16.0 Å². The summed E-state index contributed by atoms with van der Waals surface area (Å²) in [7, 11) is -0.271. The summed E-state index contributed by atoms with van der Waals surface area (Å²) in [6.45, 7) is 5.81. The van der Waals surface area contributed by atoms with Crippen molar-refractivity contribution >= 4 is 33.3 Å². The Balaban J connectivity index is 1.87. The van der Waals surface area contributed by atoms with Gasteiger partial charge in [-0.1, -0.05) is 24.6 Å². The number of carbonyl (C=O) groups is 1. The van der Waals surface area contributed by atoms with Crippen LogP contribution in [0.2, 0.25) is 0 Å². The Morgan fingerprint density at radius 2 is 1.72 bits per heavy atom. The van der Waals surface area contributed by atoms with Crippen molar-refractivity contribution in [2.75, 3.05) is 23.9 Å². The average molecular weight is 454 g/mol. The molecular formula is C23H27N5O3S. The van der Waals surface area contributed by atoms with E-state index in [0.29, 0.717) is 28.6 Å². The molecule has 0 atom stereocenters. The van der Waals surface area contributed by atoms with Gasteiger partial charge < -0.3 is 9.80 Å². The van der Waals surface area contributed by atoms with E-state index in [0.717, 1.165) is 17.5 Å². The van der Waals surface area contributed by atoms with E-state index in [9.17, 15) is 13.2 Å². The third kappa shape index (κ3) is 4.79. The maximum Gasteiger partial charge on any atom is 0.258 e. The molecule has 9 heteroatoms. The normalized spacial score (nSPS) is 11.3. The summed E-state index contributed by atoms with van der Waals surface area (Å²) in [5.41, 5.74) is 4.64. The lowest BCUT2D eigenvalue weighted by atomic mass is 10.0. The molecule has 0 saturated heterocycles. The van der Waals surface area contributed by atoms with Crippen LogP contribution in [-0.4, -0.2) is 38.4 Å². The number of hydrogen-bond acceptors (Lipinski definition) is 6. The fourth-order valence-electron chi connectivity index (χ4n) is 3.40. The summed E-state index contributed by atoms with van der Waals surface area (Å²) in [6, 6.07) is 12.0. The molecule has 3 aromatic rings. The first-order valence-corrected chi connectivity index (χ1v) is 11.7. The van der Waals surface area contributed by atoms with Crippen molar-refractivity contribution in [2.24, 2.45) is 5.14 Å². The Bertz CT molecular complexity index is 1260. The summed E-state index contributed by atoms with van der Waals surface area (Å²) in [6.07, 6.45) is 2.38. The number of anilines is 3. The highest BCUT2D eigenvalue weighted by atomic mass is 32.2. The van der Waals surface area contributed by atoms with Crippen LogP contribution in [0.25, 0.3) is 0 Å². The van der Waals surface area contributed by atoms with Crippen molar-refractivity contribution in [2.45, 2.75) is 32.1 Å². The predicted molar refractivity (Wildman–Crippen MR) is 126 cm³/mol. The number of aromatic nitrogens is 2. The van der Waals surface area contributed by atoms with Gasteiger partial charge >= 0.3 is 0 Å². The van der Waals surface area contributed by atoms with E-state index in [2.05, 4.69) is 9.97 Å². The second kappa shape index (κ2) is 9.05. The van der Waals surface area contributed by atoms with Crippen molar-refractivity contribution in [3.63, 3.8) is 0 Å². The van der Waals surface area contributed by atoms with Crippen molar-refractivity contribution < 1.29 is 13.2 Å². The molecule has 1 aromatic heterocycles. The van der Waals surface area contributed by atoms with E-state index >= 15 is 0 Å². The van der Waals surface area contributed by atoms with E-state index in [4.69, 9.17) is 5.14 Å². The lowest BCUT2D eigenvalue weighted by molar-refractivity contribution is 0.0991. The molecule has 0 bridgehead atoms. The first-order valence-electron chi connectivity index (χ1n) is 10.1. The SMILES string of the molecule is CCc1ccc(C)cc1C(=O)N(C)c1cnc(N(C)c2ccc(S(N)(=O)=O)cc2)nc1C. The fraction of sp³-hybridized carbons (Fsp3) is 0.261. The standard InChI is InChI=1S/C23H27N5O3S/c1-6-17-8-7-15(2)13-20(17)22(29)28(5)21-14-25-23(26-16(21)3)27(4)18-9-11-19(12-10-18)32(24,30)31/h7-14H,6H2,1-5H3,(H2,24,30,31). The van der Waals surface area contributed by atoms with Gasteiger partial charge in [-0.3, -0.25) is 4.79 Å². The molecular weight excluding hydrogens is 426 g/mol. The van der Waals surface area contributed by atoms with Crippen LogP contribution in [0.5, 0.6) is 0 Å². The lowest BCUT2D eigenvalue weighted by Gasteiger charge is -2.23. The fourth-order valence-corrected chi connectivity index (χ4v) is 3.92. The third-order valence-electron chi connectivity index (χ3n) is 5.34. The molecule has 0 saturated carbocycles. The van der Waals surface area contributed by atoms with Crippen molar-refractivity contribution in [3.05, 3.63) is 71.0 Å². The maximum absolute atomic E-state index is 13.2. The molecule has 0 unspecified atom stereocenters. The Morgan fingerprint density at radius 1 is 1.06 bits per heavy atom. The minimum absolute atomic E-state index is 0.0323. The number of nitrogens with zero attached hydrogens (tertiary/aromatic N) is 4. The van der Waals surface area contributed by atoms with Gasteiger partial charge in [-0.15, -0.1) is 0 Å². The predicted octanol–water partition coefficient (Wildman–Crippen LogP) is 3.35. The van der Waals surface area contributed by atoms with Crippen LogP contribution in [0, 0.1) is 13.8 Å². The summed E-state index contributed by atoms with van der Waals surface area (Å²) < 4.78 is 22.9. The molecule has 2 aromatic carbocycles. The Hall–Kier alpha value is -3.30. The van der Waals surface area contributed by atoms with Gasteiger partial charge in [0.25, 0.3) is 5.91 Å². The number of amides is 1. The summed E-state index contributed by atoms with van der Waals surface area (Å²) in [4.78, 5) is 25.5. The van der Waals surface area contributed by atoms with E-state index < -0.39 is 10.0 Å². The minimum Gasteiger partial charge on any atom is -0.314 e. The van der Waals surface area contributed by atoms with Gasteiger partial charge in [0.1, 0.15) is 0 Å². The van der Waals surface area contributed by atoms with E-state index in [-0.39, 0.29) is 10.8 Å². The Labute approximate surface area is 188 Å². The highest BCUT2D eigenvalue weighted by Crippen LogP contribution is 2.26. The highest BCUT2D eigenvalue weighted by molar-refractivity contribution is 7.89. The Morgan fingerprint density at radius 3 is 2.28 bits per heavy atom. The van der Waals surface area contributed by atoms with Gasteiger partial charge in [0.15, 0.2) is 0 Å². The van der Waals surface area contributed by atoms with Crippen LogP contribution >= 0.6 is 0 Å². The number of rotatable bonds is 6. The van der Waals surface area contributed by atoms with Gasteiger partial charge in [-0.2, -0.15) is 0 Å². The van der Waals surface area contributed by atoms with Crippen LogP contribution in [-0.2, 0) is 16.4 Å². The molecule has 1 amide bonds. The molecule has 2 N–H and O–H groups in total.